The Morgan fingerprint density at radius 1 is 1.38 bits per heavy atom. The Morgan fingerprint density at radius 3 is 2.48 bits per heavy atom. The molecule has 1 saturated carbocycles. The Kier molecular flexibility index (Phi) is 4.18. The minimum atomic E-state index is -0.553. The summed E-state index contributed by atoms with van der Waals surface area (Å²) in [6, 6.07) is 6.42. The van der Waals surface area contributed by atoms with Gasteiger partial charge in [-0.1, -0.05) is 13.8 Å². The summed E-state index contributed by atoms with van der Waals surface area (Å²) in [6.45, 7) is 3.65. The SMILES string of the molecule is CC1(C)C(O)CC1NC(=O)c1ccc(OCC(N)=O)cc1. The van der Waals surface area contributed by atoms with Gasteiger partial charge in [0, 0.05) is 17.0 Å². The molecule has 21 heavy (non-hydrogen) atoms. The fourth-order valence-electron chi connectivity index (χ4n) is 2.25. The van der Waals surface area contributed by atoms with Crippen molar-refractivity contribution in [2.45, 2.75) is 32.4 Å². The van der Waals surface area contributed by atoms with E-state index in [9.17, 15) is 14.7 Å². The van der Waals surface area contributed by atoms with Gasteiger partial charge in [0.1, 0.15) is 5.75 Å². The number of hydrogen-bond acceptors (Lipinski definition) is 4. The van der Waals surface area contributed by atoms with E-state index >= 15 is 0 Å². The topological polar surface area (TPSA) is 102 Å². The van der Waals surface area contributed by atoms with Gasteiger partial charge in [-0.15, -0.1) is 0 Å². The van der Waals surface area contributed by atoms with Gasteiger partial charge >= 0.3 is 0 Å². The van der Waals surface area contributed by atoms with Crippen LogP contribution in [-0.4, -0.2) is 35.7 Å². The third kappa shape index (κ3) is 3.33. The number of benzene rings is 1. The van der Waals surface area contributed by atoms with Crippen LogP contribution >= 0.6 is 0 Å². The zero-order chi connectivity index (χ0) is 15.6. The van der Waals surface area contributed by atoms with Gasteiger partial charge in [0.05, 0.1) is 6.10 Å². The van der Waals surface area contributed by atoms with E-state index in [2.05, 4.69) is 5.32 Å². The molecule has 1 aliphatic carbocycles. The summed E-state index contributed by atoms with van der Waals surface area (Å²) in [4.78, 5) is 22.7. The lowest BCUT2D eigenvalue weighted by atomic mass is 9.64. The van der Waals surface area contributed by atoms with Gasteiger partial charge in [-0.2, -0.15) is 0 Å². The lowest BCUT2D eigenvalue weighted by Gasteiger charge is -2.49. The quantitative estimate of drug-likeness (QED) is 0.733. The maximum Gasteiger partial charge on any atom is 0.255 e. The monoisotopic (exact) mass is 292 g/mol. The molecular weight excluding hydrogens is 272 g/mol. The smallest absolute Gasteiger partial charge is 0.255 e. The highest BCUT2D eigenvalue weighted by Crippen LogP contribution is 2.40. The van der Waals surface area contributed by atoms with Gasteiger partial charge in [-0.25, -0.2) is 0 Å². The third-order valence-corrected chi connectivity index (χ3v) is 4.02. The van der Waals surface area contributed by atoms with E-state index < -0.39 is 5.91 Å². The van der Waals surface area contributed by atoms with Crippen LogP contribution in [0.15, 0.2) is 24.3 Å². The van der Waals surface area contributed by atoms with E-state index in [1.54, 1.807) is 24.3 Å². The lowest BCUT2D eigenvalue weighted by Crippen LogP contribution is -2.61. The van der Waals surface area contributed by atoms with Crippen molar-refractivity contribution in [1.82, 2.24) is 5.32 Å². The molecule has 0 aliphatic heterocycles. The van der Waals surface area contributed by atoms with Gasteiger partial charge in [0.25, 0.3) is 11.8 Å². The minimum absolute atomic E-state index is 0.0363. The van der Waals surface area contributed by atoms with E-state index in [1.165, 1.54) is 0 Å². The average molecular weight is 292 g/mol. The second-order valence-electron chi connectivity index (χ2n) is 5.88. The molecule has 1 fully saturated rings. The van der Waals surface area contributed by atoms with Crippen LogP contribution in [0.3, 0.4) is 0 Å². The van der Waals surface area contributed by atoms with Crippen LogP contribution in [0.5, 0.6) is 5.75 Å². The van der Waals surface area contributed by atoms with Crippen LogP contribution in [0.1, 0.15) is 30.6 Å². The van der Waals surface area contributed by atoms with Crippen LogP contribution in [0.2, 0.25) is 0 Å². The van der Waals surface area contributed by atoms with Gasteiger partial charge < -0.3 is 20.9 Å². The molecule has 2 rings (SSSR count). The molecule has 1 aromatic rings. The highest BCUT2D eigenvalue weighted by Gasteiger charge is 2.47. The molecule has 4 N–H and O–H groups in total. The fourth-order valence-corrected chi connectivity index (χ4v) is 2.25. The van der Waals surface area contributed by atoms with Crippen molar-refractivity contribution in [1.29, 1.82) is 0 Å². The Balaban J connectivity index is 1.93. The predicted molar refractivity (Wildman–Crippen MR) is 76.8 cm³/mol. The Labute approximate surface area is 123 Å². The number of carbonyl (C=O) groups excluding carboxylic acids is 2. The molecule has 0 heterocycles. The Hall–Kier alpha value is -2.08. The zero-order valence-corrected chi connectivity index (χ0v) is 12.1. The number of amides is 2. The maximum absolute atomic E-state index is 12.1. The van der Waals surface area contributed by atoms with E-state index in [-0.39, 0.29) is 30.1 Å². The van der Waals surface area contributed by atoms with Crippen molar-refractivity contribution >= 4 is 11.8 Å². The average Bonchev–Trinajstić information content (AvgIpc) is 2.45. The van der Waals surface area contributed by atoms with Crippen molar-refractivity contribution in [2.24, 2.45) is 11.1 Å². The van der Waals surface area contributed by atoms with Crippen LogP contribution in [-0.2, 0) is 4.79 Å². The lowest BCUT2D eigenvalue weighted by molar-refractivity contribution is -0.119. The molecule has 0 radical (unpaired) electrons. The minimum Gasteiger partial charge on any atom is -0.484 e. The van der Waals surface area contributed by atoms with Crippen molar-refractivity contribution < 1.29 is 19.4 Å². The van der Waals surface area contributed by atoms with Gasteiger partial charge in [-0.05, 0) is 30.7 Å². The number of aliphatic hydroxyl groups excluding tert-OH is 1. The molecule has 0 spiro atoms. The van der Waals surface area contributed by atoms with Crippen molar-refractivity contribution in [3.8, 4) is 5.75 Å². The molecule has 1 aliphatic rings. The van der Waals surface area contributed by atoms with E-state index in [1.807, 2.05) is 13.8 Å². The number of ether oxygens (including phenoxy) is 1. The standard InChI is InChI=1S/C15H20N2O4/c1-15(2)11(7-12(15)18)17-14(20)9-3-5-10(6-4-9)21-8-13(16)19/h3-6,11-12,18H,7-8H2,1-2H3,(H2,16,19)(H,17,20). The van der Waals surface area contributed by atoms with Crippen LogP contribution in [0.4, 0.5) is 0 Å². The van der Waals surface area contributed by atoms with Crippen molar-refractivity contribution in [3.05, 3.63) is 29.8 Å². The molecule has 0 aromatic heterocycles. The fraction of sp³-hybridized carbons (Fsp3) is 0.467. The molecule has 6 nitrogen and oxygen atoms in total. The Morgan fingerprint density at radius 2 is 2.00 bits per heavy atom. The van der Waals surface area contributed by atoms with Crippen LogP contribution < -0.4 is 15.8 Å². The number of nitrogens with two attached hydrogens (primary N) is 1. The summed E-state index contributed by atoms with van der Waals surface area (Å²) in [7, 11) is 0. The van der Waals surface area contributed by atoms with E-state index in [0.29, 0.717) is 17.7 Å². The number of nitrogens with one attached hydrogen (secondary N) is 1. The second-order valence-corrected chi connectivity index (χ2v) is 5.88. The molecule has 0 saturated heterocycles. The molecule has 2 unspecified atom stereocenters. The van der Waals surface area contributed by atoms with Crippen molar-refractivity contribution in [2.75, 3.05) is 6.61 Å². The number of primary amides is 1. The first-order valence-corrected chi connectivity index (χ1v) is 6.81. The van der Waals surface area contributed by atoms with Crippen LogP contribution in [0.25, 0.3) is 0 Å². The zero-order valence-electron chi connectivity index (χ0n) is 12.1. The van der Waals surface area contributed by atoms with Gasteiger partial charge in [0.15, 0.2) is 6.61 Å². The summed E-state index contributed by atoms with van der Waals surface area (Å²) < 4.78 is 5.12. The molecular formula is C15H20N2O4. The summed E-state index contributed by atoms with van der Waals surface area (Å²) in [5, 5.41) is 12.6. The maximum atomic E-state index is 12.1. The Bertz CT molecular complexity index is 539. The number of carbonyl (C=O) groups is 2. The molecule has 0 bridgehead atoms. The first-order valence-electron chi connectivity index (χ1n) is 6.81. The molecule has 1 aromatic carbocycles. The second kappa shape index (κ2) is 5.73. The number of rotatable bonds is 5. The van der Waals surface area contributed by atoms with Gasteiger partial charge in [0.2, 0.25) is 0 Å². The third-order valence-electron chi connectivity index (χ3n) is 4.02. The van der Waals surface area contributed by atoms with Crippen LogP contribution in [0, 0.1) is 5.41 Å². The predicted octanol–water partition coefficient (Wildman–Crippen LogP) is 0.440. The molecule has 114 valence electrons. The van der Waals surface area contributed by atoms with E-state index in [4.69, 9.17) is 10.5 Å². The first kappa shape index (κ1) is 15.3. The molecule has 2 atom stereocenters. The highest BCUT2D eigenvalue weighted by atomic mass is 16.5. The molecule has 6 heteroatoms. The normalized spacial score (nSPS) is 23.0. The number of aliphatic hydroxyl groups is 1. The summed E-state index contributed by atoms with van der Waals surface area (Å²) >= 11 is 0. The summed E-state index contributed by atoms with van der Waals surface area (Å²) in [5.74, 6) is -0.270. The summed E-state index contributed by atoms with van der Waals surface area (Å²) in [5.41, 5.74) is 5.18. The van der Waals surface area contributed by atoms with Gasteiger partial charge in [-0.3, -0.25) is 9.59 Å². The van der Waals surface area contributed by atoms with E-state index in [0.717, 1.165) is 0 Å². The van der Waals surface area contributed by atoms with Crippen molar-refractivity contribution in [3.63, 3.8) is 0 Å². The summed E-state index contributed by atoms with van der Waals surface area (Å²) in [6.07, 6.45) is 0.186. The molecule has 2 amide bonds. The largest absolute Gasteiger partial charge is 0.484 e. The number of hydrogen-bond donors (Lipinski definition) is 3. The highest BCUT2D eigenvalue weighted by molar-refractivity contribution is 5.94. The first-order chi connectivity index (χ1) is 9.80.